The number of carbonyl (C=O) groups is 4. The molecule has 47 heavy (non-hydrogen) atoms. The Bertz CT molecular complexity index is 761. The highest BCUT2D eigenvalue weighted by Gasteiger charge is 2.21. The number of nitrogens with one attached hydrogen (secondary N) is 3. The van der Waals surface area contributed by atoms with Gasteiger partial charge in [-0.3, -0.25) is 19.2 Å². The Balaban J connectivity index is 4.37. The van der Waals surface area contributed by atoms with Crippen molar-refractivity contribution >= 4 is 23.7 Å². The van der Waals surface area contributed by atoms with Crippen molar-refractivity contribution in [2.24, 2.45) is 0 Å². The second-order valence-corrected chi connectivity index (χ2v) is 13.7. The Labute approximate surface area is 289 Å². The number of rotatable bonds is 36. The van der Waals surface area contributed by atoms with Gasteiger partial charge in [0.05, 0.1) is 0 Å². The zero-order valence-electron chi connectivity index (χ0n) is 30.8. The van der Waals surface area contributed by atoms with Crippen molar-refractivity contribution in [3.63, 3.8) is 0 Å². The fraction of sp³-hybridized carbons (Fsp3) is 0.897. The number of carbonyl (C=O) groups excluding carboxylic acids is 3. The molecule has 0 fully saturated rings. The Kier molecular flexibility index (Phi) is 33.6. The minimum absolute atomic E-state index is 0.0643. The van der Waals surface area contributed by atoms with E-state index < -0.39 is 12.0 Å². The Morgan fingerprint density at radius 2 is 0.830 bits per heavy atom. The number of aliphatic carboxylic acids is 1. The van der Waals surface area contributed by atoms with Crippen LogP contribution >= 0.6 is 0 Å². The van der Waals surface area contributed by atoms with E-state index in [0.717, 1.165) is 57.8 Å². The first-order valence-corrected chi connectivity index (χ1v) is 20.0. The molecule has 0 spiro atoms. The topological polar surface area (TPSA) is 125 Å². The van der Waals surface area contributed by atoms with Crippen LogP contribution in [0.25, 0.3) is 0 Å². The van der Waals surface area contributed by atoms with Crippen molar-refractivity contribution in [3.8, 4) is 0 Å². The van der Waals surface area contributed by atoms with E-state index in [1.54, 1.807) is 0 Å². The van der Waals surface area contributed by atoms with Gasteiger partial charge in [0.25, 0.3) is 0 Å². The average molecular weight is 666 g/mol. The molecule has 0 rings (SSSR count). The van der Waals surface area contributed by atoms with Crippen LogP contribution in [0.2, 0.25) is 0 Å². The predicted molar refractivity (Wildman–Crippen MR) is 195 cm³/mol. The summed E-state index contributed by atoms with van der Waals surface area (Å²) >= 11 is 0. The largest absolute Gasteiger partial charge is 0.481 e. The normalized spacial score (nSPS) is 11.7. The van der Waals surface area contributed by atoms with Gasteiger partial charge in [-0.1, -0.05) is 155 Å². The second kappa shape index (κ2) is 35.2. The molecule has 0 aliphatic rings. The van der Waals surface area contributed by atoms with E-state index in [0.29, 0.717) is 32.4 Å². The van der Waals surface area contributed by atoms with Gasteiger partial charge < -0.3 is 21.1 Å². The lowest BCUT2D eigenvalue weighted by Gasteiger charge is -2.18. The van der Waals surface area contributed by atoms with Crippen LogP contribution in [-0.4, -0.2) is 47.9 Å². The lowest BCUT2D eigenvalue weighted by Crippen LogP contribution is -2.47. The highest BCUT2D eigenvalue weighted by Crippen LogP contribution is 2.12. The van der Waals surface area contributed by atoms with E-state index in [9.17, 15) is 19.2 Å². The average Bonchev–Trinajstić information content (AvgIpc) is 3.05. The third-order valence-electron chi connectivity index (χ3n) is 9.04. The first-order valence-electron chi connectivity index (χ1n) is 20.0. The third-order valence-corrected chi connectivity index (χ3v) is 9.04. The van der Waals surface area contributed by atoms with Gasteiger partial charge in [-0.05, 0) is 32.1 Å². The van der Waals surface area contributed by atoms with E-state index in [-0.39, 0.29) is 30.6 Å². The molecule has 0 saturated carbocycles. The maximum atomic E-state index is 13.0. The minimum atomic E-state index is -0.754. The second-order valence-electron chi connectivity index (χ2n) is 13.7. The molecule has 276 valence electrons. The molecule has 0 unspecified atom stereocenters. The molecule has 8 nitrogen and oxygen atoms in total. The summed E-state index contributed by atoms with van der Waals surface area (Å²) < 4.78 is 0. The summed E-state index contributed by atoms with van der Waals surface area (Å²) in [5.41, 5.74) is 0. The van der Waals surface area contributed by atoms with Gasteiger partial charge in [0, 0.05) is 32.4 Å². The molecule has 1 atom stereocenters. The first-order chi connectivity index (χ1) is 22.9. The quantitative estimate of drug-likeness (QED) is 0.0496. The lowest BCUT2D eigenvalue weighted by atomic mass is 10.1. The summed E-state index contributed by atoms with van der Waals surface area (Å²) in [6.07, 6.45) is 31.1. The van der Waals surface area contributed by atoms with Gasteiger partial charge in [-0.2, -0.15) is 0 Å². The monoisotopic (exact) mass is 666 g/mol. The number of amides is 3. The molecular weight excluding hydrogens is 590 g/mol. The van der Waals surface area contributed by atoms with Crippen LogP contribution in [-0.2, 0) is 19.2 Å². The molecule has 0 bridgehead atoms. The smallest absolute Gasteiger partial charge is 0.303 e. The fourth-order valence-electron chi connectivity index (χ4n) is 5.96. The SMILES string of the molecule is CCCCCCCCCCCCNC(=O)CC[C@H](NC(=O)CCCCCCCCC(=O)O)C(=O)NCCCCCCCCCCCC. The molecule has 0 heterocycles. The minimum Gasteiger partial charge on any atom is -0.481 e. The van der Waals surface area contributed by atoms with Gasteiger partial charge in [0.1, 0.15) is 6.04 Å². The van der Waals surface area contributed by atoms with E-state index in [1.807, 2.05) is 0 Å². The van der Waals surface area contributed by atoms with Crippen molar-refractivity contribution in [3.05, 3.63) is 0 Å². The maximum absolute atomic E-state index is 13.0. The van der Waals surface area contributed by atoms with Crippen molar-refractivity contribution in [1.82, 2.24) is 16.0 Å². The van der Waals surface area contributed by atoms with E-state index in [4.69, 9.17) is 5.11 Å². The van der Waals surface area contributed by atoms with Crippen molar-refractivity contribution in [2.45, 2.75) is 213 Å². The molecule has 0 aromatic rings. The number of carboxylic acid groups (broad SMARTS) is 1. The third kappa shape index (κ3) is 33.6. The molecule has 0 aliphatic carbocycles. The lowest BCUT2D eigenvalue weighted by molar-refractivity contribution is -0.137. The van der Waals surface area contributed by atoms with Crippen LogP contribution in [0.4, 0.5) is 0 Å². The van der Waals surface area contributed by atoms with E-state index in [1.165, 1.54) is 103 Å². The predicted octanol–water partition coefficient (Wildman–Crippen LogP) is 9.53. The summed E-state index contributed by atoms with van der Waals surface area (Å²) in [5.74, 6) is -1.17. The molecule has 0 aromatic heterocycles. The van der Waals surface area contributed by atoms with Crippen LogP contribution in [0, 0.1) is 0 Å². The number of hydrogen-bond donors (Lipinski definition) is 4. The molecule has 0 radical (unpaired) electrons. The summed E-state index contributed by atoms with van der Waals surface area (Å²) in [6.45, 7) is 5.74. The van der Waals surface area contributed by atoms with Crippen LogP contribution in [0.3, 0.4) is 0 Å². The van der Waals surface area contributed by atoms with Crippen molar-refractivity contribution in [1.29, 1.82) is 0 Å². The van der Waals surface area contributed by atoms with E-state index in [2.05, 4.69) is 29.8 Å². The van der Waals surface area contributed by atoms with Gasteiger partial charge in [-0.25, -0.2) is 0 Å². The highest BCUT2D eigenvalue weighted by molar-refractivity contribution is 5.88. The zero-order valence-corrected chi connectivity index (χ0v) is 30.8. The van der Waals surface area contributed by atoms with Gasteiger partial charge in [0.15, 0.2) is 0 Å². The molecular formula is C39H75N3O5. The Hall–Kier alpha value is -2.12. The molecule has 0 aliphatic heterocycles. The first kappa shape index (κ1) is 44.9. The molecule has 0 saturated heterocycles. The summed E-state index contributed by atoms with van der Waals surface area (Å²) in [7, 11) is 0. The Morgan fingerprint density at radius 1 is 0.447 bits per heavy atom. The highest BCUT2D eigenvalue weighted by atomic mass is 16.4. The molecule has 8 heteroatoms. The van der Waals surface area contributed by atoms with Gasteiger partial charge >= 0.3 is 5.97 Å². The Morgan fingerprint density at radius 3 is 1.28 bits per heavy atom. The summed E-state index contributed by atoms with van der Waals surface area (Å²) in [5, 5.41) is 17.6. The van der Waals surface area contributed by atoms with Gasteiger partial charge in [-0.15, -0.1) is 0 Å². The van der Waals surface area contributed by atoms with Crippen LogP contribution in [0.5, 0.6) is 0 Å². The van der Waals surface area contributed by atoms with Crippen molar-refractivity contribution < 1.29 is 24.3 Å². The number of unbranched alkanes of at least 4 members (excludes halogenated alkanes) is 23. The van der Waals surface area contributed by atoms with Crippen molar-refractivity contribution in [2.75, 3.05) is 13.1 Å². The summed E-state index contributed by atoms with van der Waals surface area (Å²) in [6, 6.07) is -0.704. The molecule has 4 N–H and O–H groups in total. The standard InChI is InChI=1S/C39H75N3O5/c1-3-5-7-9-11-13-15-19-23-27-33-40-36(43)32-31-35(42-37(44)29-25-21-17-18-22-26-30-38(45)46)39(47)41-34-28-24-20-16-14-12-10-8-6-4-2/h35H,3-34H2,1-2H3,(H,40,43)(H,41,47)(H,42,44)(H,45,46)/t35-/m0/s1. The molecule has 0 aromatic carbocycles. The van der Waals surface area contributed by atoms with Crippen LogP contribution in [0.15, 0.2) is 0 Å². The maximum Gasteiger partial charge on any atom is 0.303 e. The molecule has 3 amide bonds. The number of carboxylic acids is 1. The van der Waals surface area contributed by atoms with E-state index >= 15 is 0 Å². The summed E-state index contributed by atoms with van der Waals surface area (Å²) in [4.78, 5) is 48.9. The van der Waals surface area contributed by atoms with Gasteiger partial charge in [0.2, 0.25) is 17.7 Å². The van der Waals surface area contributed by atoms with Crippen LogP contribution < -0.4 is 16.0 Å². The zero-order chi connectivity index (χ0) is 34.6. The van der Waals surface area contributed by atoms with Crippen LogP contribution in [0.1, 0.15) is 206 Å². The fourth-order valence-corrected chi connectivity index (χ4v) is 5.96. The number of hydrogen-bond acceptors (Lipinski definition) is 4.